The molecule has 3 rings (SSSR count). The lowest BCUT2D eigenvalue weighted by molar-refractivity contribution is 0.123. The Balaban J connectivity index is 1.72. The van der Waals surface area contributed by atoms with Crippen molar-refractivity contribution in [2.45, 2.75) is 57.8 Å². The molecule has 2 aliphatic rings. The second kappa shape index (κ2) is 8.81. The summed E-state index contributed by atoms with van der Waals surface area (Å²) in [6, 6.07) is 10.5. The summed E-state index contributed by atoms with van der Waals surface area (Å²) < 4.78 is 5.62. The van der Waals surface area contributed by atoms with Gasteiger partial charge in [0.1, 0.15) is 18.4 Å². The Morgan fingerprint density at radius 3 is 2.64 bits per heavy atom. The minimum absolute atomic E-state index is 0.271. The van der Waals surface area contributed by atoms with Gasteiger partial charge in [0, 0.05) is 18.9 Å². The molecular formula is C20H27N3O2. The molecule has 1 heterocycles. The van der Waals surface area contributed by atoms with Crippen molar-refractivity contribution in [2.24, 2.45) is 10.1 Å². The van der Waals surface area contributed by atoms with E-state index in [-0.39, 0.29) is 6.10 Å². The Morgan fingerprint density at radius 1 is 1.16 bits per heavy atom. The standard InChI is InChI=1S/C20H27N3O2/c1-15-20(24-2)19(23-25-14-16-9-5-3-6-10-16)18(13-21-15)22-17-11-7-4-8-12-17/h3,5-6,9-10,13,17,20,22H,4,7-8,11-12,14H2,1-2H3. The van der Waals surface area contributed by atoms with Crippen molar-refractivity contribution in [3.63, 3.8) is 0 Å². The first kappa shape index (κ1) is 17.7. The number of benzene rings is 1. The summed E-state index contributed by atoms with van der Waals surface area (Å²) in [4.78, 5) is 10.1. The lowest BCUT2D eigenvalue weighted by atomic mass is 9.94. The predicted octanol–water partition coefficient (Wildman–Crippen LogP) is 3.81. The van der Waals surface area contributed by atoms with Crippen molar-refractivity contribution in [1.29, 1.82) is 0 Å². The lowest BCUT2D eigenvalue weighted by Gasteiger charge is -2.29. The van der Waals surface area contributed by atoms with E-state index in [2.05, 4.69) is 15.5 Å². The Kier molecular flexibility index (Phi) is 6.23. The molecule has 0 aromatic heterocycles. The first-order chi connectivity index (χ1) is 12.3. The number of hydrogen-bond acceptors (Lipinski definition) is 5. The van der Waals surface area contributed by atoms with Crippen LogP contribution in [0.4, 0.5) is 0 Å². The van der Waals surface area contributed by atoms with Gasteiger partial charge >= 0.3 is 0 Å². The van der Waals surface area contributed by atoms with Gasteiger partial charge in [0.15, 0.2) is 0 Å². The van der Waals surface area contributed by atoms with Crippen molar-refractivity contribution < 1.29 is 9.57 Å². The van der Waals surface area contributed by atoms with Crippen molar-refractivity contribution in [3.8, 4) is 0 Å². The predicted molar refractivity (Wildman–Crippen MR) is 101 cm³/mol. The highest BCUT2D eigenvalue weighted by Gasteiger charge is 2.28. The quantitative estimate of drug-likeness (QED) is 0.801. The van der Waals surface area contributed by atoms with Gasteiger partial charge < -0.3 is 14.9 Å². The maximum absolute atomic E-state index is 5.63. The molecule has 1 atom stereocenters. The monoisotopic (exact) mass is 341 g/mol. The molecule has 1 fully saturated rings. The number of oxime groups is 1. The summed E-state index contributed by atoms with van der Waals surface area (Å²) in [6.45, 7) is 2.39. The zero-order chi connectivity index (χ0) is 17.5. The third-order valence-corrected chi connectivity index (χ3v) is 4.74. The van der Waals surface area contributed by atoms with Gasteiger partial charge in [0.25, 0.3) is 0 Å². The molecule has 0 saturated heterocycles. The zero-order valence-corrected chi connectivity index (χ0v) is 15.1. The summed E-state index contributed by atoms with van der Waals surface area (Å²) in [5.74, 6) is 0. The van der Waals surface area contributed by atoms with E-state index in [0.717, 1.165) is 22.7 Å². The van der Waals surface area contributed by atoms with E-state index in [1.54, 1.807) is 7.11 Å². The van der Waals surface area contributed by atoms with Gasteiger partial charge in [0.05, 0.1) is 11.9 Å². The van der Waals surface area contributed by atoms with Crippen molar-refractivity contribution in [1.82, 2.24) is 5.32 Å². The van der Waals surface area contributed by atoms with E-state index in [9.17, 15) is 0 Å². The molecule has 0 radical (unpaired) electrons. The molecule has 1 aromatic carbocycles. The van der Waals surface area contributed by atoms with Crippen LogP contribution in [0.5, 0.6) is 0 Å². The number of methoxy groups -OCH3 is 1. The number of ether oxygens (including phenoxy) is 1. The summed E-state index contributed by atoms with van der Waals surface area (Å²) >= 11 is 0. The first-order valence-electron chi connectivity index (χ1n) is 9.06. The SMILES string of the molecule is COC1C(C)=NC=C(NC2CCCCC2)C1=NOCc1ccccc1. The van der Waals surface area contributed by atoms with E-state index < -0.39 is 0 Å². The van der Waals surface area contributed by atoms with Crippen molar-refractivity contribution in [3.05, 3.63) is 47.8 Å². The van der Waals surface area contributed by atoms with Crippen LogP contribution in [-0.4, -0.2) is 30.7 Å². The van der Waals surface area contributed by atoms with Crippen LogP contribution < -0.4 is 5.32 Å². The Hall–Kier alpha value is -2.14. The van der Waals surface area contributed by atoms with E-state index in [1.807, 2.05) is 43.5 Å². The molecule has 0 spiro atoms. The zero-order valence-electron chi connectivity index (χ0n) is 15.1. The molecule has 0 amide bonds. The van der Waals surface area contributed by atoms with Gasteiger partial charge in [-0.05, 0) is 25.3 Å². The molecule has 1 N–H and O–H groups in total. The maximum atomic E-state index is 5.63. The van der Waals surface area contributed by atoms with E-state index in [0.29, 0.717) is 12.6 Å². The highest BCUT2D eigenvalue weighted by Crippen LogP contribution is 2.21. The lowest BCUT2D eigenvalue weighted by Crippen LogP contribution is -2.42. The maximum Gasteiger partial charge on any atom is 0.142 e. The molecule has 25 heavy (non-hydrogen) atoms. The normalized spacial score (nSPS) is 23.1. The Bertz CT molecular complexity index is 646. The molecule has 134 valence electrons. The highest BCUT2D eigenvalue weighted by molar-refractivity contribution is 6.18. The van der Waals surface area contributed by atoms with Crippen LogP contribution >= 0.6 is 0 Å². The topological polar surface area (TPSA) is 55.2 Å². The van der Waals surface area contributed by atoms with Crippen LogP contribution in [-0.2, 0) is 16.2 Å². The highest BCUT2D eigenvalue weighted by atomic mass is 16.6. The minimum atomic E-state index is -0.271. The molecule has 5 heteroatoms. The van der Waals surface area contributed by atoms with Gasteiger partial charge in [-0.15, -0.1) is 0 Å². The molecule has 0 bridgehead atoms. The fourth-order valence-electron chi connectivity index (χ4n) is 3.35. The number of hydrogen-bond donors (Lipinski definition) is 1. The Morgan fingerprint density at radius 2 is 1.92 bits per heavy atom. The Labute approximate surface area is 149 Å². The second-order valence-electron chi connectivity index (χ2n) is 6.64. The van der Waals surface area contributed by atoms with Crippen molar-refractivity contribution >= 4 is 11.4 Å². The molecule has 1 aromatic rings. The van der Waals surface area contributed by atoms with Gasteiger partial charge in [-0.3, -0.25) is 4.99 Å². The molecule has 5 nitrogen and oxygen atoms in total. The van der Waals surface area contributed by atoms with Crippen molar-refractivity contribution in [2.75, 3.05) is 7.11 Å². The molecule has 1 unspecified atom stereocenters. The fourth-order valence-corrected chi connectivity index (χ4v) is 3.35. The van der Waals surface area contributed by atoms with Gasteiger partial charge in [-0.2, -0.15) is 0 Å². The first-order valence-corrected chi connectivity index (χ1v) is 9.06. The number of nitrogens with zero attached hydrogens (tertiary/aromatic N) is 2. The van der Waals surface area contributed by atoms with Gasteiger partial charge in [-0.1, -0.05) is 54.8 Å². The number of aliphatic imine (C=N–C) groups is 1. The third-order valence-electron chi connectivity index (χ3n) is 4.74. The molecule has 1 aliphatic heterocycles. The van der Waals surface area contributed by atoms with E-state index in [1.165, 1.54) is 32.1 Å². The summed E-state index contributed by atoms with van der Waals surface area (Å²) in [5, 5.41) is 8.01. The van der Waals surface area contributed by atoms with Crippen LogP contribution in [0.15, 0.2) is 52.4 Å². The smallest absolute Gasteiger partial charge is 0.142 e. The molecular weight excluding hydrogens is 314 g/mol. The third kappa shape index (κ3) is 4.69. The van der Waals surface area contributed by atoms with Crippen LogP contribution in [0.25, 0.3) is 0 Å². The fraction of sp³-hybridized carbons (Fsp3) is 0.500. The van der Waals surface area contributed by atoms with E-state index in [4.69, 9.17) is 9.57 Å². The summed E-state index contributed by atoms with van der Waals surface area (Å²) in [5.41, 5.74) is 3.67. The van der Waals surface area contributed by atoms with Crippen LogP contribution in [0.1, 0.15) is 44.6 Å². The number of nitrogens with one attached hydrogen (secondary N) is 1. The molecule has 1 aliphatic carbocycles. The van der Waals surface area contributed by atoms with E-state index >= 15 is 0 Å². The summed E-state index contributed by atoms with van der Waals surface area (Å²) in [6.07, 6.45) is 7.84. The van der Waals surface area contributed by atoms with Gasteiger partial charge in [-0.25, -0.2) is 0 Å². The van der Waals surface area contributed by atoms with Crippen LogP contribution in [0.2, 0.25) is 0 Å². The van der Waals surface area contributed by atoms with Crippen LogP contribution in [0, 0.1) is 0 Å². The minimum Gasteiger partial charge on any atom is -0.391 e. The number of rotatable bonds is 6. The average Bonchev–Trinajstić information content (AvgIpc) is 2.66. The average molecular weight is 341 g/mol. The van der Waals surface area contributed by atoms with Gasteiger partial charge in [0.2, 0.25) is 0 Å². The van der Waals surface area contributed by atoms with Crippen LogP contribution in [0.3, 0.4) is 0 Å². The molecule has 1 saturated carbocycles. The largest absolute Gasteiger partial charge is 0.391 e. The second-order valence-corrected chi connectivity index (χ2v) is 6.64. The summed E-state index contributed by atoms with van der Waals surface area (Å²) in [7, 11) is 1.68.